The molecule has 0 aliphatic rings. The van der Waals surface area contributed by atoms with Gasteiger partial charge in [0.2, 0.25) is 5.43 Å². The third-order valence-electron chi connectivity index (χ3n) is 2.64. The number of fused-ring (bicyclic) bond motifs is 2. The van der Waals surface area contributed by atoms with Crippen LogP contribution in [0.1, 0.15) is 11.4 Å². The number of aryl methyl sites for hydroxylation is 2. The van der Waals surface area contributed by atoms with E-state index < -0.39 is 0 Å². The lowest BCUT2D eigenvalue weighted by Gasteiger charge is -2.01. The third kappa shape index (κ3) is 1.49. The molecule has 0 amide bonds. The van der Waals surface area contributed by atoms with E-state index in [4.69, 9.17) is 4.42 Å². The molecule has 0 bridgehead atoms. The van der Waals surface area contributed by atoms with Crippen molar-refractivity contribution in [3.8, 4) is 0 Å². The molecule has 0 saturated carbocycles. The fraction of sp³-hybridized carbons (Fsp3) is 0.154. The van der Waals surface area contributed by atoms with Gasteiger partial charge in [-0.15, -0.1) is 0 Å². The van der Waals surface area contributed by atoms with Crippen LogP contribution in [0.4, 0.5) is 0 Å². The van der Waals surface area contributed by atoms with Crippen LogP contribution in [0.2, 0.25) is 0 Å². The van der Waals surface area contributed by atoms with Gasteiger partial charge in [-0.3, -0.25) is 4.79 Å². The van der Waals surface area contributed by atoms with Crippen molar-refractivity contribution < 1.29 is 4.42 Å². The molecule has 3 aromatic rings. The fourth-order valence-electron chi connectivity index (χ4n) is 1.81. The summed E-state index contributed by atoms with van der Waals surface area (Å²) in [5.41, 5.74) is 3.09. The molecule has 4 nitrogen and oxygen atoms in total. The molecule has 4 heteroatoms. The van der Waals surface area contributed by atoms with Crippen LogP contribution in [0.25, 0.3) is 22.2 Å². The Kier molecular flexibility index (Phi) is 1.98. The van der Waals surface area contributed by atoms with Gasteiger partial charge in [-0.2, -0.15) is 0 Å². The number of nitrogens with zero attached hydrogens (tertiary/aromatic N) is 2. The molecule has 0 aliphatic carbocycles. The largest absolute Gasteiger partial charge is 0.453 e. The van der Waals surface area contributed by atoms with Crippen LogP contribution in [0.15, 0.2) is 33.5 Å². The molecule has 0 radical (unpaired) electrons. The lowest BCUT2D eigenvalue weighted by molar-refractivity contribution is 0.656. The van der Waals surface area contributed by atoms with Gasteiger partial charge in [-0.05, 0) is 38.1 Å². The van der Waals surface area contributed by atoms with Gasteiger partial charge in [0.15, 0.2) is 22.2 Å². The van der Waals surface area contributed by atoms with E-state index in [2.05, 4.69) is 9.97 Å². The maximum absolute atomic E-state index is 12.2. The van der Waals surface area contributed by atoms with Crippen LogP contribution < -0.4 is 5.43 Å². The van der Waals surface area contributed by atoms with Crippen molar-refractivity contribution in [2.75, 3.05) is 0 Å². The summed E-state index contributed by atoms with van der Waals surface area (Å²) in [4.78, 5) is 20.6. The van der Waals surface area contributed by atoms with Gasteiger partial charge in [-0.1, -0.05) is 0 Å². The SMILES string of the molecule is Cc1ccc2oc3ccc(C)nc3c(=O)c2n1. The van der Waals surface area contributed by atoms with E-state index in [0.717, 1.165) is 11.4 Å². The average molecular weight is 226 g/mol. The minimum absolute atomic E-state index is 0.173. The minimum Gasteiger partial charge on any atom is -0.453 e. The predicted octanol–water partition coefficient (Wildman–Crippen LogP) is 2.35. The summed E-state index contributed by atoms with van der Waals surface area (Å²) in [5, 5.41) is 0. The monoisotopic (exact) mass is 226 g/mol. The Hall–Kier alpha value is -2.23. The molecule has 0 unspecified atom stereocenters. The molecule has 0 aliphatic heterocycles. The summed E-state index contributed by atoms with van der Waals surface area (Å²) >= 11 is 0. The first-order valence-electron chi connectivity index (χ1n) is 5.33. The van der Waals surface area contributed by atoms with Gasteiger partial charge in [0.05, 0.1) is 0 Å². The number of rotatable bonds is 0. The predicted molar refractivity (Wildman–Crippen MR) is 65.1 cm³/mol. The van der Waals surface area contributed by atoms with Crippen LogP contribution in [0.3, 0.4) is 0 Å². The van der Waals surface area contributed by atoms with Crippen LogP contribution in [0, 0.1) is 13.8 Å². The highest BCUT2D eigenvalue weighted by atomic mass is 16.3. The molecule has 84 valence electrons. The van der Waals surface area contributed by atoms with Gasteiger partial charge >= 0.3 is 0 Å². The summed E-state index contributed by atoms with van der Waals surface area (Å²) in [5.74, 6) is 0. The lowest BCUT2D eigenvalue weighted by atomic mass is 10.2. The van der Waals surface area contributed by atoms with Gasteiger partial charge in [0.25, 0.3) is 0 Å². The zero-order valence-corrected chi connectivity index (χ0v) is 9.52. The second-order valence-electron chi connectivity index (χ2n) is 4.03. The Labute approximate surface area is 96.9 Å². The highest BCUT2D eigenvalue weighted by molar-refractivity contribution is 5.85. The molecule has 3 aromatic heterocycles. The van der Waals surface area contributed by atoms with Crippen molar-refractivity contribution in [1.82, 2.24) is 9.97 Å². The fourth-order valence-corrected chi connectivity index (χ4v) is 1.81. The number of aromatic nitrogens is 2. The molecular weight excluding hydrogens is 216 g/mol. The third-order valence-corrected chi connectivity index (χ3v) is 2.64. The highest BCUT2D eigenvalue weighted by Crippen LogP contribution is 2.16. The molecule has 0 saturated heterocycles. The van der Waals surface area contributed by atoms with Gasteiger partial charge in [0, 0.05) is 11.4 Å². The van der Waals surface area contributed by atoms with Gasteiger partial charge in [-0.25, -0.2) is 9.97 Å². The summed E-state index contributed by atoms with van der Waals surface area (Å²) in [6, 6.07) is 7.16. The Balaban J connectivity index is 2.58. The van der Waals surface area contributed by atoms with Crippen LogP contribution >= 0.6 is 0 Å². The smallest absolute Gasteiger partial charge is 0.237 e. The van der Waals surface area contributed by atoms with E-state index in [0.29, 0.717) is 22.2 Å². The van der Waals surface area contributed by atoms with E-state index in [1.807, 2.05) is 26.0 Å². The Morgan fingerprint density at radius 2 is 1.35 bits per heavy atom. The van der Waals surface area contributed by atoms with E-state index >= 15 is 0 Å². The van der Waals surface area contributed by atoms with E-state index in [9.17, 15) is 4.79 Å². The van der Waals surface area contributed by atoms with Crippen LogP contribution in [-0.2, 0) is 0 Å². The van der Waals surface area contributed by atoms with E-state index in [1.54, 1.807) is 12.1 Å². The quantitative estimate of drug-likeness (QED) is 0.552. The first-order chi connectivity index (χ1) is 8.15. The molecule has 17 heavy (non-hydrogen) atoms. The topological polar surface area (TPSA) is 56.0 Å². The first kappa shape index (κ1) is 9.96. The maximum atomic E-state index is 12.2. The van der Waals surface area contributed by atoms with Crippen molar-refractivity contribution in [3.63, 3.8) is 0 Å². The summed E-state index contributed by atoms with van der Waals surface area (Å²) in [7, 11) is 0. The molecule has 3 rings (SSSR count). The number of pyridine rings is 2. The second-order valence-corrected chi connectivity index (χ2v) is 4.03. The molecule has 0 spiro atoms. The normalized spacial score (nSPS) is 11.2. The van der Waals surface area contributed by atoms with E-state index in [-0.39, 0.29) is 5.43 Å². The molecule has 0 aromatic carbocycles. The molecule has 0 atom stereocenters. The van der Waals surface area contributed by atoms with Crippen molar-refractivity contribution in [2.24, 2.45) is 0 Å². The molecule has 0 N–H and O–H groups in total. The van der Waals surface area contributed by atoms with Crippen LogP contribution in [0.5, 0.6) is 0 Å². The molecular formula is C13H10N2O2. The lowest BCUT2D eigenvalue weighted by Crippen LogP contribution is -2.07. The zero-order valence-electron chi connectivity index (χ0n) is 9.52. The Morgan fingerprint density at radius 3 is 1.82 bits per heavy atom. The standard InChI is InChI=1S/C13H10N2O2/c1-7-3-5-9-11(14-7)13(16)12-10(17-9)6-4-8(2)15-12/h3-6H,1-2H3. The Morgan fingerprint density at radius 1 is 0.882 bits per heavy atom. The van der Waals surface area contributed by atoms with E-state index in [1.165, 1.54) is 0 Å². The molecule has 3 heterocycles. The summed E-state index contributed by atoms with van der Waals surface area (Å²) in [6.07, 6.45) is 0. The highest BCUT2D eigenvalue weighted by Gasteiger charge is 2.09. The first-order valence-corrected chi connectivity index (χ1v) is 5.33. The second kappa shape index (κ2) is 3.38. The maximum Gasteiger partial charge on any atom is 0.237 e. The zero-order chi connectivity index (χ0) is 12.0. The van der Waals surface area contributed by atoms with Crippen molar-refractivity contribution in [3.05, 3.63) is 45.9 Å². The number of hydrogen-bond acceptors (Lipinski definition) is 4. The summed E-state index contributed by atoms with van der Waals surface area (Å²) < 4.78 is 5.61. The van der Waals surface area contributed by atoms with Gasteiger partial charge < -0.3 is 4.42 Å². The van der Waals surface area contributed by atoms with Gasteiger partial charge in [0.1, 0.15) is 0 Å². The summed E-state index contributed by atoms with van der Waals surface area (Å²) in [6.45, 7) is 3.68. The van der Waals surface area contributed by atoms with Crippen molar-refractivity contribution >= 4 is 22.2 Å². The van der Waals surface area contributed by atoms with Crippen molar-refractivity contribution in [2.45, 2.75) is 13.8 Å². The minimum atomic E-state index is -0.173. The number of hydrogen-bond donors (Lipinski definition) is 0. The average Bonchev–Trinajstić information content (AvgIpc) is 2.32. The van der Waals surface area contributed by atoms with Crippen molar-refractivity contribution in [1.29, 1.82) is 0 Å². The van der Waals surface area contributed by atoms with Crippen LogP contribution in [-0.4, -0.2) is 9.97 Å². The molecule has 0 fully saturated rings. The Bertz CT molecular complexity index is 727.